The van der Waals surface area contributed by atoms with Gasteiger partial charge in [-0.25, -0.2) is 4.98 Å². The third-order valence-corrected chi connectivity index (χ3v) is 8.13. The Morgan fingerprint density at radius 3 is 1.92 bits per heavy atom. The number of aliphatic imine (C=N–C) groups is 1. The number of nitrogens with two attached hydrogens (primary N) is 4. The summed E-state index contributed by atoms with van der Waals surface area (Å²) in [6.07, 6.45) is 1.36. The molecule has 0 radical (unpaired) electrons. The van der Waals surface area contributed by atoms with Gasteiger partial charge in [-0.1, -0.05) is 41.5 Å². The van der Waals surface area contributed by atoms with E-state index >= 15 is 0 Å². The molecular formula is C31H57N9O5S5. The summed E-state index contributed by atoms with van der Waals surface area (Å²) in [6, 6.07) is 1.20. The van der Waals surface area contributed by atoms with Crippen LogP contribution in [0, 0.1) is 17.8 Å². The Morgan fingerprint density at radius 2 is 1.40 bits per heavy atom. The van der Waals surface area contributed by atoms with Gasteiger partial charge in [0.25, 0.3) is 5.91 Å². The van der Waals surface area contributed by atoms with Gasteiger partial charge in [-0.15, -0.1) is 11.3 Å². The fraction of sp³-hybridized carbons (Fsp3) is 0.581. The third-order valence-electron chi connectivity index (χ3n) is 7.10. The Bertz CT molecular complexity index is 1430. The first-order chi connectivity index (χ1) is 21.5. The summed E-state index contributed by atoms with van der Waals surface area (Å²) in [5.41, 5.74) is 23.1. The van der Waals surface area contributed by atoms with E-state index in [0.29, 0.717) is 29.5 Å². The molecule has 0 fully saturated rings. The van der Waals surface area contributed by atoms with E-state index in [4.69, 9.17) is 22.9 Å². The van der Waals surface area contributed by atoms with Crippen LogP contribution in [0.2, 0.25) is 0 Å². The van der Waals surface area contributed by atoms with E-state index < -0.39 is 53.6 Å². The van der Waals surface area contributed by atoms with Crippen molar-refractivity contribution in [2.75, 3.05) is 6.54 Å². The topological polar surface area (TPSA) is 251 Å². The summed E-state index contributed by atoms with van der Waals surface area (Å²) in [7, 11) is 0. The van der Waals surface area contributed by atoms with Gasteiger partial charge in [-0.2, -0.15) is 54.0 Å². The Kier molecular flexibility index (Phi) is 25.3. The number of guanidine groups is 1. The SMILES string of the molecule is CC(C)C[C@H](NC(=O)[C@@H](N)CC(C)C)C(=O)N[C@@H](CCCN=C(N)N)C(=O)c1nc2ccc(C(=O)N[C@H](C(N)=O)C(C)C)cc2s1.S.S.S.S. The fourth-order valence-electron chi connectivity index (χ4n) is 4.75. The average molecular weight is 796 g/mol. The zero-order valence-electron chi connectivity index (χ0n) is 29.5. The number of benzene rings is 1. The molecule has 286 valence electrons. The van der Waals surface area contributed by atoms with E-state index in [1.807, 2.05) is 27.7 Å². The first kappa shape index (κ1) is 51.7. The molecule has 19 heteroatoms. The summed E-state index contributed by atoms with van der Waals surface area (Å²) in [4.78, 5) is 73.2. The van der Waals surface area contributed by atoms with Gasteiger partial charge < -0.3 is 38.9 Å². The van der Waals surface area contributed by atoms with Crippen molar-refractivity contribution in [3.63, 3.8) is 0 Å². The molecule has 0 aliphatic heterocycles. The highest BCUT2D eigenvalue weighted by Crippen LogP contribution is 2.25. The molecule has 14 nitrogen and oxygen atoms in total. The minimum atomic E-state index is -0.997. The molecule has 0 aliphatic rings. The van der Waals surface area contributed by atoms with E-state index in [0.717, 1.165) is 11.3 Å². The number of nitrogens with one attached hydrogen (secondary N) is 3. The maximum atomic E-state index is 13.8. The largest absolute Gasteiger partial charge is 0.370 e. The van der Waals surface area contributed by atoms with Crippen molar-refractivity contribution in [3.8, 4) is 0 Å². The number of carbonyl (C=O) groups excluding carboxylic acids is 5. The maximum Gasteiger partial charge on any atom is 0.251 e. The van der Waals surface area contributed by atoms with Crippen molar-refractivity contribution >= 4 is 111 Å². The maximum absolute atomic E-state index is 13.8. The number of hydrogen-bond acceptors (Lipinski definition) is 9. The predicted octanol–water partition coefficient (Wildman–Crippen LogP) is 1.61. The van der Waals surface area contributed by atoms with Crippen LogP contribution in [-0.4, -0.2) is 71.1 Å². The van der Waals surface area contributed by atoms with Gasteiger partial charge in [0.15, 0.2) is 11.0 Å². The molecule has 4 amide bonds. The molecule has 0 spiro atoms. The number of ketones is 1. The second kappa shape index (κ2) is 24.5. The number of fused-ring (bicyclic) bond motifs is 1. The average Bonchev–Trinajstić information content (AvgIpc) is 3.39. The lowest BCUT2D eigenvalue weighted by Crippen LogP contribution is -2.55. The first-order valence-corrected chi connectivity index (χ1v) is 16.3. The zero-order chi connectivity index (χ0) is 34.7. The van der Waals surface area contributed by atoms with Crippen LogP contribution < -0.4 is 38.9 Å². The van der Waals surface area contributed by atoms with Gasteiger partial charge in [0.1, 0.15) is 12.1 Å². The van der Waals surface area contributed by atoms with Gasteiger partial charge >= 0.3 is 0 Å². The number of Topliss-reactive ketones (excluding diaryl/α,β-unsaturated/α-hetero) is 1. The lowest BCUT2D eigenvalue weighted by Gasteiger charge is -2.25. The highest BCUT2D eigenvalue weighted by molar-refractivity contribution is 7.59. The van der Waals surface area contributed by atoms with Gasteiger partial charge in [0, 0.05) is 12.1 Å². The van der Waals surface area contributed by atoms with Crippen LogP contribution in [0.3, 0.4) is 0 Å². The molecule has 0 saturated carbocycles. The first-order valence-electron chi connectivity index (χ1n) is 15.5. The molecule has 11 N–H and O–H groups in total. The van der Waals surface area contributed by atoms with E-state index in [2.05, 4.69) is 25.9 Å². The van der Waals surface area contributed by atoms with Crippen molar-refractivity contribution in [1.82, 2.24) is 20.9 Å². The van der Waals surface area contributed by atoms with E-state index in [1.165, 1.54) is 0 Å². The predicted molar refractivity (Wildman–Crippen MR) is 221 cm³/mol. The quantitative estimate of drug-likeness (QED) is 0.0501. The molecular weight excluding hydrogens is 739 g/mol. The molecule has 0 bridgehead atoms. The lowest BCUT2D eigenvalue weighted by molar-refractivity contribution is -0.130. The summed E-state index contributed by atoms with van der Waals surface area (Å²) in [5, 5.41) is 8.35. The van der Waals surface area contributed by atoms with Crippen molar-refractivity contribution in [2.24, 2.45) is 45.7 Å². The summed E-state index contributed by atoms with van der Waals surface area (Å²) < 4.78 is 0.561. The zero-order valence-corrected chi connectivity index (χ0v) is 34.3. The number of rotatable bonds is 18. The fourth-order valence-corrected chi connectivity index (χ4v) is 5.75. The number of nitrogens with zero attached hydrogens (tertiary/aromatic N) is 2. The van der Waals surface area contributed by atoms with E-state index in [-0.39, 0.29) is 101 Å². The molecule has 1 aromatic carbocycles. The molecule has 1 aromatic heterocycles. The summed E-state index contributed by atoms with van der Waals surface area (Å²) in [5.74, 6) is -2.58. The van der Waals surface area contributed by atoms with E-state index in [1.54, 1.807) is 32.0 Å². The Labute approximate surface area is 326 Å². The number of primary amides is 1. The van der Waals surface area contributed by atoms with Gasteiger partial charge in [0.2, 0.25) is 23.5 Å². The van der Waals surface area contributed by atoms with Gasteiger partial charge in [-0.05, 0) is 61.6 Å². The molecule has 0 unspecified atom stereocenters. The van der Waals surface area contributed by atoms with Crippen LogP contribution in [0.15, 0.2) is 23.2 Å². The van der Waals surface area contributed by atoms with Crippen LogP contribution in [0.5, 0.6) is 0 Å². The lowest BCUT2D eigenvalue weighted by atomic mass is 9.99. The monoisotopic (exact) mass is 795 g/mol. The van der Waals surface area contributed by atoms with Gasteiger partial charge in [0.05, 0.1) is 22.3 Å². The molecule has 0 aliphatic carbocycles. The van der Waals surface area contributed by atoms with Crippen LogP contribution in [0.1, 0.15) is 87.4 Å². The van der Waals surface area contributed by atoms with Crippen molar-refractivity contribution in [3.05, 3.63) is 28.8 Å². The minimum absolute atomic E-state index is 0. The van der Waals surface area contributed by atoms with Crippen LogP contribution in [-0.2, 0) is 14.4 Å². The van der Waals surface area contributed by atoms with Crippen LogP contribution in [0.4, 0.5) is 0 Å². The minimum Gasteiger partial charge on any atom is -0.370 e. The Morgan fingerprint density at radius 1 is 0.820 bits per heavy atom. The third kappa shape index (κ3) is 16.5. The molecule has 4 atom stereocenters. The standard InChI is InChI=1S/C31H49N9O5S.4H2S/c1-15(2)12-19(32)28(44)38-22(13-16(3)4)29(45)37-21(8-7-11-36-31(34)35)25(41)30-39-20-10-9-18(14-23(20)46-30)27(43)40-24(17(5)6)26(33)42;;;;/h9-10,14-17,19,21-22,24H,7-8,11-13,32H2,1-6H3,(H2,33,42)(H,37,45)(H,38,44)(H,40,43)(H4,34,35,36);4*1H2/t19-,21-,22-,24-;;;;/m0..../s1. The summed E-state index contributed by atoms with van der Waals surface area (Å²) >= 11 is 1.07. The Hall–Kier alpha value is -2.71. The highest BCUT2D eigenvalue weighted by atomic mass is 32.1. The number of aromatic nitrogens is 1. The smallest absolute Gasteiger partial charge is 0.251 e. The van der Waals surface area contributed by atoms with E-state index in [9.17, 15) is 24.0 Å². The van der Waals surface area contributed by atoms with Crippen molar-refractivity contribution in [1.29, 1.82) is 0 Å². The van der Waals surface area contributed by atoms with Crippen molar-refractivity contribution in [2.45, 2.75) is 91.4 Å². The molecule has 2 rings (SSSR count). The van der Waals surface area contributed by atoms with Crippen LogP contribution in [0.25, 0.3) is 10.2 Å². The normalized spacial score (nSPS) is 12.9. The molecule has 2 aromatic rings. The number of hydrogen-bond donors (Lipinski definition) is 7. The number of carbonyl (C=O) groups is 5. The number of amides is 4. The molecule has 50 heavy (non-hydrogen) atoms. The molecule has 0 saturated heterocycles. The number of thiazole rings is 1. The van der Waals surface area contributed by atoms with Gasteiger partial charge in [-0.3, -0.25) is 29.0 Å². The van der Waals surface area contributed by atoms with Crippen LogP contribution >= 0.6 is 65.3 Å². The van der Waals surface area contributed by atoms with Crippen molar-refractivity contribution < 1.29 is 24.0 Å². The summed E-state index contributed by atoms with van der Waals surface area (Å²) in [6.45, 7) is 11.5. The Balaban J connectivity index is -0.00000552. The second-order valence-corrected chi connectivity index (χ2v) is 13.6. The highest BCUT2D eigenvalue weighted by Gasteiger charge is 2.31. The molecule has 1 heterocycles. The second-order valence-electron chi connectivity index (χ2n) is 12.6.